The number of carbonyl (C=O) groups is 2. The van der Waals surface area contributed by atoms with Crippen molar-refractivity contribution in [1.29, 1.82) is 0 Å². The summed E-state index contributed by atoms with van der Waals surface area (Å²) in [6, 6.07) is 8.63. The van der Waals surface area contributed by atoms with E-state index < -0.39 is 40.2 Å². The van der Waals surface area contributed by atoms with Crippen LogP contribution in [0.3, 0.4) is 0 Å². The first-order valence-electron chi connectivity index (χ1n) is 16.7. The van der Waals surface area contributed by atoms with Crippen LogP contribution in [0, 0.1) is 17.8 Å². The maximum atomic E-state index is 14.2. The van der Waals surface area contributed by atoms with E-state index in [0.29, 0.717) is 48.5 Å². The van der Waals surface area contributed by atoms with Crippen LogP contribution in [0.25, 0.3) is 0 Å². The number of aryl methyl sites for hydroxylation is 1. The smallest absolute Gasteiger partial charge is 0.327 e. The molecule has 4 aliphatic rings. The monoisotopic (exact) mass is 704 g/mol. The fourth-order valence-corrected chi connectivity index (χ4v) is 8.90. The number of halogens is 3. The Labute approximate surface area is 286 Å². The number of carbonyl (C=O) groups excluding carboxylic acids is 2. The minimum absolute atomic E-state index is 0.124. The van der Waals surface area contributed by atoms with Crippen molar-refractivity contribution >= 4 is 39.1 Å². The van der Waals surface area contributed by atoms with Crippen molar-refractivity contribution in [1.82, 2.24) is 10.0 Å². The van der Waals surface area contributed by atoms with Gasteiger partial charge in [-0.15, -0.1) is 4.36 Å². The molecule has 2 fully saturated rings. The molecule has 2 saturated carbocycles. The molecule has 2 N–H and O–H groups in total. The standard InChI is InChI=1S/C35H43ClF2N4O5S/c1-22-6-5-8-30(46-2)28-13-10-26(28)20-42-19-25-9-12-27(36)16-23(25)7-3-4-15-47-31-14-11-24(17-29(31)42)33(43)40-48(45,21-22)41-34(44)39-32-18-35(32,37)38/h5,8-9,11-12,14,16-17,22,26,28,30,32H,3-4,6-7,10,13,15,18-21H2,1-2H3,(H2,39,40,41,43,44,45)/b8-5+/t22-,26-,28+,30-,32-,48?/m0/s1. The van der Waals surface area contributed by atoms with Crippen LogP contribution in [0.2, 0.25) is 5.02 Å². The predicted molar refractivity (Wildman–Crippen MR) is 182 cm³/mol. The Kier molecular flexibility index (Phi) is 10.3. The highest BCUT2D eigenvalue weighted by Gasteiger charge is 2.58. The third-order valence-electron chi connectivity index (χ3n) is 9.79. The first-order chi connectivity index (χ1) is 22.9. The van der Waals surface area contributed by atoms with E-state index in [-0.39, 0.29) is 29.3 Å². The minimum atomic E-state index is -3.71. The van der Waals surface area contributed by atoms with Crippen molar-refractivity contribution in [3.05, 3.63) is 70.3 Å². The number of methoxy groups -OCH3 is 1. The Morgan fingerprint density at radius 3 is 2.71 bits per heavy atom. The van der Waals surface area contributed by atoms with Crippen LogP contribution >= 0.6 is 11.6 Å². The largest absolute Gasteiger partial charge is 0.491 e. The Hall–Kier alpha value is -3.22. The summed E-state index contributed by atoms with van der Waals surface area (Å²) in [5, 5.41) is 2.84. The van der Waals surface area contributed by atoms with Crippen LogP contribution in [0.5, 0.6) is 5.75 Å². The molecule has 6 atom stereocenters. The van der Waals surface area contributed by atoms with Gasteiger partial charge in [0.1, 0.15) is 21.7 Å². The van der Waals surface area contributed by atoms with Crippen molar-refractivity contribution in [3.63, 3.8) is 0 Å². The maximum absolute atomic E-state index is 14.2. The number of fused-ring (bicyclic) bond motifs is 3. The normalized spacial score (nSPS) is 30.9. The number of nitrogens with one attached hydrogen (secondary N) is 2. The number of allylic oxidation sites excluding steroid dienone is 1. The summed E-state index contributed by atoms with van der Waals surface area (Å²) >= 11 is 6.42. The molecule has 2 aromatic rings. The summed E-state index contributed by atoms with van der Waals surface area (Å²) in [5.74, 6) is -2.98. The van der Waals surface area contributed by atoms with Gasteiger partial charge in [0.2, 0.25) is 0 Å². The number of anilines is 1. The predicted octanol–water partition coefficient (Wildman–Crippen LogP) is 6.93. The van der Waals surface area contributed by atoms with Crippen molar-refractivity contribution in [2.75, 3.05) is 30.9 Å². The zero-order valence-corrected chi connectivity index (χ0v) is 28.8. The molecule has 0 radical (unpaired) electrons. The zero-order chi connectivity index (χ0) is 34.1. The van der Waals surface area contributed by atoms with Gasteiger partial charge in [-0.3, -0.25) is 9.52 Å². The van der Waals surface area contributed by atoms with Gasteiger partial charge in [-0.25, -0.2) is 17.8 Å². The van der Waals surface area contributed by atoms with Gasteiger partial charge < -0.3 is 19.7 Å². The van der Waals surface area contributed by atoms with Crippen LogP contribution < -0.4 is 19.7 Å². The summed E-state index contributed by atoms with van der Waals surface area (Å²) in [6.07, 6.45) is 8.55. The molecule has 9 nitrogen and oxygen atoms in total. The lowest BCUT2D eigenvalue weighted by Crippen LogP contribution is -2.44. The topological polar surface area (TPSA) is 109 Å². The molecule has 13 heteroatoms. The number of ether oxygens (including phenoxy) is 2. The molecule has 0 spiro atoms. The molecule has 0 aromatic heterocycles. The number of amides is 3. The summed E-state index contributed by atoms with van der Waals surface area (Å²) in [4.78, 5) is 28.7. The van der Waals surface area contributed by atoms with Crippen LogP contribution in [0.1, 0.15) is 66.9 Å². The molecule has 2 aliphatic heterocycles. The van der Waals surface area contributed by atoms with E-state index in [1.807, 2.05) is 31.2 Å². The van der Waals surface area contributed by atoms with Gasteiger partial charge in [0, 0.05) is 37.2 Å². The fourth-order valence-electron chi connectivity index (χ4n) is 6.88. The second-order valence-electron chi connectivity index (χ2n) is 13.5. The van der Waals surface area contributed by atoms with Gasteiger partial charge in [0.15, 0.2) is 0 Å². The molecule has 1 unspecified atom stereocenters. The quantitative estimate of drug-likeness (QED) is 0.336. The highest BCUT2D eigenvalue weighted by molar-refractivity contribution is 7.92. The first kappa shape index (κ1) is 34.6. The van der Waals surface area contributed by atoms with Gasteiger partial charge >= 0.3 is 6.03 Å². The summed E-state index contributed by atoms with van der Waals surface area (Å²) in [6.45, 7) is 3.57. The molecule has 2 bridgehead atoms. The average Bonchev–Trinajstić information content (AvgIpc) is 3.62. The minimum Gasteiger partial charge on any atom is -0.491 e. The Morgan fingerprint density at radius 2 is 1.98 bits per heavy atom. The van der Waals surface area contributed by atoms with E-state index in [4.69, 9.17) is 21.1 Å². The first-order valence-corrected chi connectivity index (χ1v) is 18.7. The average molecular weight is 705 g/mol. The lowest BCUT2D eigenvalue weighted by atomic mass is 9.70. The maximum Gasteiger partial charge on any atom is 0.327 e. The van der Waals surface area contributed by atoms with Crippen LogP contribution in [-0.4, -0.2) is 60.2 Å². The van der Waals surface area contributed by atoms with Crippen molar-refractivity contribution in [3.8, 4) is 5.75 Å². The van der Waals surface area contributed by atoms with Gasteiger partial charge in [-0.2, -0.15) is 0 Å². The van der Waals surface area contributed by atoms with Crippen molar-refractivity contribution in [2.45, 2.75) is 76.5 Å². The van der Waals surface area contributed by atoms with E-state index in [1.54, 1.807) is 25.3 Å². The number of nitrogens with zero attached hydrogens (tertiary/aromatic N) is 2. The number of benzene rings is 2. The molecule has 260 valence electrons. The second kappa shape index (κ2) is 14.3. The second-order valence-corrected chi connectivity index (χ2v) is 16.0. The van der Waals surface area contributed by atoms with Gasteiger partial charge in [0.05, 0.1) is 24.2 Å². The van der Waals surface area contributed by atoms with E-state index in [2.05, 4.69) is 25.4 Å². The van der Waals surface area contributed by atoms with Crippen molar-refractivity contribution < 1.29 is 32.1 Å². The van der Waals surface area contributed by atoms with Gasteiger partial charge in [0.25, 0.3) is 11.8 Å². The Morgan fingerprint density at radius 1 is 1.17 bits per heavy atom. The molecular formula is C35H43ClF2N4O5S. The molecule has 2 aliphatic carbocycles. The van der Waals surface area contributed by atoms with Gasteiger partial charge in [-0.05, 0) is 97.7 Å². The van der Waals surface area contributed by atoms with Crippen LogP contribution in [0.15, 0.2) is 52.9 Å². The molecule has 3 amide bonds. The highest BCUT2D eigenvalue weighted by Crippen LogP contribution is 2.43. The van der Waals surface area contributed by atoms with E-state index in [9.17, 15) is 22.6 Å². The Balaban J connectivity index is 1.42. The van der Waals surface area contributed by atoms with E-state index in [1.165, 1.54) is 5.56 Å². The third-order valence-corrected chi connectivity index (χ3v) is 12.0. The number of urea groups is 1. The lowest BCUT2D eigenvalue weighted by Gasteiger charge is -2.43. The zero-order valence-electron chi connectivity index (χ0n) is 27.3. The van der Waals surface area contributed by atoms with Crippen LogP contribution in [0.4, 0.5) is 19.3 Å². The van der Waals surface area contributed by atoms with Gasteiger partial charge in [-0.1, -0.05) is 36.7 Å². The molecule has 2 heterocycles. The molecule has 0 saturated heterocycles. The number of hydrogen-bond donors (Lipinski definition) is 2. The highest BCUT2D eigenvalue weighted by atomic mass is 35.5. The SMILES string of the molecule is CO[C@H]1/C=C/C[C@H](C)CS(=O)(NC(=O)N[C@H]2CC2(F)F)=NC(=O)c2ccc3c(c2)N(Cc2ccc(Cl)cc2CCCCO3)C[C@@H]2CC[C@H]21. The van der Waals surface area contributed by atoms with E-state index >= 15 is 0 Å². The lowest BCUT2D eigenvalue weighted by molar-refractivity contribution is 0.0133. The molecule has 6 rings (SSSR count). The number of hydrogen-bond acceptors (Lipinski definition) is 6. The summed E-state index contributed by atoms with van der Waals surface area (Å²) < 4.78 is 59.8. The number of rotatable bonds is 3. The summed E-state index contributed by atoms with van der Waals surface area (Å²) in [7, 11) is -2.00. The fraction of sp³-hybridized carbons (Fsp3) is 0.543. The Bertz CT molecular complexity index is 1700. The molecular weight excluding hydrogens is 662 g/mol. The summed E-state index contributed by atoms with van der Waals surface area (Å²) in [5.41, 5.74) is 3.19. The molecule has 48 heavy (non-hydrogen) atoms. The van der Waals surface area contributed by atoms with E-state index in [0.717, 1.165) is 37.7 Å². The number of alkyl halides is 2. The van der Waals surface area contributed by atoms with Crippen molar-refractivity contribution in [2.24, 2.45) is 22.1 Å². The third kappa shape index (κ3) is 8.14. The molecule has 2 aromatic carbocycles. The van der Waals surface area contributed by atoms with Crippen LogP contribution in [-0.2, 0) is 27.6 Å².